The molecule has 1 saturated heterocycles. The lowest BCUT2D eigenvalue weighted by Crippen LogP contribution is -2.34. The van der Waals surface area contributed by atoms with Crippen LogP contribution in [0, 0.1) is 5.41 Å². The predicted octanol–water partition coefficient (Wildman–Crippen LogP) is -0.651. The Labute approximate surface area is 95.5 Å². The summed E-state index contributed by atoms with van der Waals surface area (Å²) < 4.78 is 5.24. The summed E-state index contributed by atoms with van der Waals surface area (Å²) in [6.07, 6.45) is 4.08. The molecular formula is C10H20N4O2. The SMILES string of the molecule is CN.N=C(N)/C(C=O)=C\N[C@@H]1CCCOC1. The quantitative estimate of drug-likeness (QED) is 0.221. The maximum Gasteiger partial charge on any atom is 0.155 e. The molecule has 1 atom stereocenters. The highest BCUT2D eigenvalue weighted by atomic mass is 16.5. The van der Waals surface area contributed by atoms with Gasteiger partial charge in [0.05, 0.1) is 12.2 Å². The first-order valence-electron chi connectivity index (χ1n) is 5.15. The fourth-order valence-corrected chi connectivity index (χ4v) is 1.26. The summed E-state index contributed by atoms with van der Waals surface area (Å²) in [5.74, 6) is -0.218. The first-order chi connectivity index (χ1) is 7.74. The molecule has 16 heavy (non-hydrogen) atoms. The minimum atomic E-state index is -0.218. The zero-order valence-electron chi connectivity index (χ0n) is 9.53. The second-order valence-electron chi connectivity index (χ2n) is 3.21. The lowest BCUT2D eigenvalue weighted by atomic mass is 10.1. The van der Waals surface area contributed by atoms with Gasteiger partial charge in [0, 0.05) is 18.8 Å². The van der Waals surface area contributed by atoms with E-state index in [2.05, 4.69) is 11.1 Å². The number of nitrogens with two attached hydrogens (primary N) is 2. The monoisotopic (exact) mass is 228 g/mol. The van der Waals surface area contributed by atoms with Gasteiger partial charge in [0.2, 0.25) is 0 Å². The number of carbonyl (C=O) groups excluding carboxylic acids is 1. The molecule has 0 aromatic carbocycles. The lowest BCUT2D eigenvalue weighted by Gasteiger charge is -2.22. The van der Waals surface area contributed by atoms with Gasteiger partial charge in [0.25, 0.3) is 0 Å². The van der Waals surface area contributed by atoms with E-state index in [4.69, 9.17) is 15.9 Å². The van der Waals surface area contributed by atoms with E-state index in [-0.39, 0.29) is 17.5 Å². The van der Waals surface area contributed by atoms with E-state index >= 15 is 0 Å². The van der Waals surface area contributed by atoms with Crippen molar-refractivity contribution in [2.24, 2.45) is 11.5 Å². The van der Waals surface area contributed by atoms with Crippen molar-refractivity contribution in [3.8, 4) is 0 Å². The Bertz CT molecular complexity index is 247. The Morgan fingerprint density at radius 3 is 2.69 bits per heavy atom. The fourth-order valence-electron chi connectivity index (χ4n) is 1.26. The van der Waals surface area contributed by atoms with E-state index in [1.807, 2.05) is 0 Å². The zero-order valence-corrected chi connectivity index (χ0v) is 9.53. The molecule has 6 heteroatoms. The van der Waals surface area contributed by atoms with E-state index in [1.165, 1.54) is 13.2 Å². The number of ether oxygens (including phenoxy) is 1. The Morgan fingerprint density at radius 1 is 1.56 bits per heavy atom. The zero-order chi connectivity index (χ0) is 12.4. The average Bonchev–Trinajstić information content (AvgIpc) is 2.33. The van der Waals surface area contributed by atoms with Crippen molar-refractivity contribution in [3.05, 3.63) is 11.8 Å². The Balaban J connectivity index is 0.00000106. The number of rotatable bonds is 4. The van der Waals surface area contributed by atoms with Crippen LogP contribution in [-0.2, 0) is 9.53 Å². The first-order valence-corrected chi connectivity index (χ1v) is 5.15. The van der Waals surface area contributed by atoms with Crippen molar-refractivity contribution in [2.45, 2.75) is 18.9 Å². The van der Waals surface area contributed by atoms with Gasteiger partial charge >= 0.3 is 0 Å². The standard InChI is InChI=1S/C9H15N3O2.CH5N/c10-9(11)7(5-13)4-12-8-2-1-3-14-6-8;1-2/h4-5,8,12H,1-3,6H2,(H3,10,11);2H2,1H3/b7-4-;/t8-;/m1./s1. The van der Waals surface area contributed by atoms with Gasteiger partial charge in [-0.2, -0.15) is 0 Å². The summed E-state index contributed by atoms with van der Waals surface area (Å²) in [4.78, 5) is 10.5. The number of carbonyl (C=O) groups is 1. The Morgan fingerprint density at radius 2 is 2.25 bits per heavy atom. The third-order valence-corrected chi connectivity index (χ3v) is 2.07. The molecule has 1 heterocycles. The van der Waals surface area contributed by atoms with Crippen molar-refractivity contribution in [2.75, 3.05) is 20.3 Å². The maximum absolute atomic E-state index is 10.5. The van der Waals surface area contributed by atoms with E-state index in [0.29, 0.717) is 12.9 Å². The van der Waals surface area contributed by atoms with Crippen molar-refractivity contribution in [1.29, 1.82) is 5.41 Å². The predicted molar refractivity (Wildman–Crippen MR) is 63.1 cm³/mol. The summed E-state index contributed by atoms with van der Waals surface area (Å²) >= 11 is 0. The second kappa shape index (κ2) is 8.87. The van der Waals surface area contributed by atoms with Crippen LogP contribution in [0.4, 0.5) is 0 Å². The molecule has 0 radical (unpaired) electrons. The van der Waals surface area contributed by atoms with Crippen LogP contribution in [0.2, 0.25) is 0 Å². The molecule has 92 valence electrons. The summed E-state index contributed by atoms with van der Waals surface area (Å²) in [5, 5.41) is 10.1. The van der Waals surface area contributed by atoms with Gasteiger partial charge in [-0.05, 0) is 19.9 Å². The van der Waals surface area contributed by atoms with Gasteiger partial charge in [-0.1, -0.05) is 0 Å². The highest BCUT2D eigenvalue weighted by Gasteiger charge is 2.11. The molecule has 6 N–H and O–H groups in total. The van der Waals surface area contributed by atoms with E-state index in [1.54, 1.807) is 0 Å². The third kappa shape index (κ3) is 5.47. The molecule has 0 spiro atoms. The molecule has 0 amide bonds. The topological polar surface area (TPSA) is 114 Å². The molecule has 1 fully saturated rings. The van der Waals surface area contributed by atoms with Crippen molar-refractivity contribution in [1.82, 2.24) is 5.32 Å². The summed E-state index contributed by atoms with van der Waals surface area (Å²) in [5.41, 5.74) is 9.85. The molecule has 6 nitrogen and oxygen atoms in total. The molecule has 1 aliphatic rings. The van der Waals surface area contributed by atoms with Crippen LogP contribution in [0.25, 0.3) is 0 Å². The van der Waals surface area contributed by atoms with Crippen LogP contribution < -0.4 is 16.8 Å². The second-order valence-corrected chi connectivity index (χ2v) is 3.21. The average molecular weight is 228 g/mol. The minimum Gasteiger partial charge on any atom is -0.385 e. The highest BCUT2D eigenvalue weighted by molar-refractivity contribution is 6.11. The number of nitrogens with one attached hydrogen (secondary N) is 2. The van der Waals surface area contributed by atoms with Gasteiger partial charge in [-0.25, -0.2) is 0 Å². The van der Waals surface area contributed by atoms with E-state index < -0.39 is 0 Å². The molecule has 0 aliphatic carbocycles. The molecule has 0 unspecified atom stereocenters. The molecule has 0 aromatic rings. The van der Waals surface area contributed by atoms with Crippen LogP contribution in [0.5, 0.6) is 0 Å². The summed E-state index contributed by atoms with van der Waals surface area (Å²) in [6, 6.07) is 0.220. The van der Waals surface area contributed by atoms with Crippen molar-refractivity contribution >= 4 is 12.1 Å². The fraction of sp³-hybridized carbons (Fsp3) is 0.600. The normalized spacial score (nSPS) is 20.4. The summed E-state index contributed by atoms with van der Waals surface area (Å²) in [7, 11) is 1.50. The van der Waals surface area contributed by atoms with Crippen LogP contribution in [0.15, 0.2) is 11.8 Å². The first kappa shape index (κ1) is 14.6. The van der Waals surface area contributed by atoms with Gasteiger partial charge < -0.3 is 21.5 Å². The smallest absolute Gasteiger partial charge is 0.155 e. The van der Waals surface area contributed by atoms with Crippen LogP contribution in [0.1, 0.15) is 12.8 Å². The van der Waals surface area contributed by atoms with Crippen LogP contribution in [-0.4, -0.2) is 38.4 Å². The van der Waals surface area contributed by atoms with Gasteiger partial charge in [0.15, 0.2) is 6.29 Å². The number of amidine groups is 1. The number of hydrogen-bond acceptors (Lipinski definition) is 5. The van der Waals surface area contributed by atoms with E-state index in [0.717, 1.165) is 19.4 Å². The molecule has 0 aromatic heterocycles. The Hall–Kier alpha value is -1.40. The van der Waals surface area contributed by atoms with Gasteiger partial charge in [-0.15, -0.1) is 0 Å². The van der Waals surface area contributed by atoms with Crippen molar-refractivity contribution < 1.29 is 9.53 Å². The minimum absolute atomic E-state index is 0.176. The molecule has 0 saturated carbocycles. The van der Waals surface area contributed by atoms with Crippen LogP contribution >= 0.6 is 0 Å². The maximum atomic E-state index is 10.5. The number of aldehydes is 1. The van der Waals surface area contributed by atoms with Gasteiger partial charge in [-0.3, -0.25) is 10.2 Å². The molecule has 1 aliphatic heterocycles. The molecule has 0 bridgehead atoms. The number of hydrogen-bond donors (Lipinski definition) is 4. The van der Waals surface area contributed by atoms with Crippen molar-refractivity contribution in [3.63, 3.8) is 0 Å². The van der Waals surface area contributed by atoms with Crippen LogP contribution in [0.3, 0.4) is 0 Å². The Kier molecular flexibility index (Phi) is 8.10. The summed E-state index contributed by atoms with van der Waals surface area (Å²) in [6.45, 7) is 1.44. The molecule has 1 rings (SSSR count). The van der Waals surface area contributed by atoms with Gasteiger partial charge in [0.1, 0.15) is 5.84 Å². The van der Waals surface area contributed by atoms with E-state index in [9.17, 15) is 4.79 Å². The largest absolute Gasteiger partial charge is 0.385 e. The lowest BCUT2D eigenvalue weighted by molar-refractivity contribution is -0.104. The molecular weight excluding hydrogens is 208 g/mol. The highest BCUT2D eigenvalue weighted by Crippen LogP contribution is 2.05. The third-order valence-electron chi connectivity index (χ3n) is 2.07.